The Morgan fingerprint density at radius 1 is 1.03 bits per heavy atom. The predicted molar refractivity (Wildman–Crippen MR) is 132 cm³/mol. The fourth-order valence-corrected chi connectivity index (χ4v) is 4.55. The van der Waals surface area contributed by atoms with Gasteiger partial charge in [-0.1, -0.05) is 6.07 Å². The number of carbonyl (C=O) groups excluding carboxylic acids is 2. The van der Waals surface area contributed by atoms with Gasteiger partial charge in [-0.05, 0) is 49.4 Å². The number of hydrogen-bond donors (Lipinski definition) is 1. The predicted octanol–water partition coefficient (Wildman–Crippen LogP) is 3.79. The highest BCUT2D eigenvalue weighted by Gasteiger charge is 2.31. The Kier molecular flexibility index (Phi) is 8.55. The van der Waals surface area contributed by atoms with E-state index in [1.165, 1.54) is 12.1 Å². The van der Waals surface area contributed by atoms with Gasteiger partial charge in [0, 0.05) is 56.6 Å². The van der Waals surface area contributed by atoms with Crippen LogP contribution in [-0.4, -0.2) is 92.3 Å². The molecule has 2 aromatic carbocycles. The number of alkyl halides is 3. The van der Waals surface area contributed by atoms with Gasteiger partial charge in [0.2, 0.25) is 0 Å². The highest BCUT2D eigenvalue weighted by Crippen LogP contribution is 2.29. The molecular weight excluding hydrogens is 489 g/mol. The number of halogens is 3. The lowest BCUT2D eigenvalue weighted by atomic mass is 10.1. The van der Waals surface area contributed by atoms with Crippen molar-refractivity contribution >= 4 is 17.6 Å². The monoisotopic (exact) mass is 520 g/mol. The van der Waals surface area contributed by atoms with Crippen molar-refractivity contribution in [2.45, 2.75) is 18.7 Å². The normalized spacial score (nSPS) is 19.3. The van der Waals surface area contributed by atoms with E-state index in [-0.39, 0.29) is 23.6 Å². The molecule has 2 aliphatic heterocycles. The van der Waals surface area contributed by atoms with E-state index in [1.807, 2.05) is 6.07 Å². The number of carbonyl (C=O) groups is 2. The molecule has 200 valence electrons. The summed E-state index contributed by atoms with van der Waals surface area (Å²) in [5.41, 5.74) is 0.122. The van der Waals surface area contributed by atoms with Gasteiger partial charge in [0.25, 0.3) is 5.91 Å². The lowest BCUT2D eigenvalue weighted by Gasteiger charge is -2.35. The largest absolute Gasteiger partial charge is 0.497 e. The first-order chi connectivity index (χ1) is 17.7. The van der Waals surface area contributed by atoms with E-state index in [9.17, 15) is 22.8 Å². The number of nitrogens with one attached hydrogen (secondary N) is 1. The number of amides is 3. The summed E-state index contributed by atoms with van der Waals surface area (Å²) in [6.45, 7) is 4.34. The minimum atomic E-state index is -4.43. The van der Waals surface area contributed by atoms with E-state index >= 15 is 0 Å². The summed E-state index contributed by atoms with van der Waals surface area (Å²) in [6.07, 6.45) is -3.86. The van der Waals surface area contributed by atoms with E-state index in [4.69, 9.17) is 9.47 Å². The van der Waals surface area contributed by atoms with Crippen LogP contribution in [0.15, 0.2) is 48.5 Å². The van der Waals surface area contributed by atoms with E-state index in [0.29, 0.717) is 57.3 Å². The zero-order valence-electron chi connectivity index (χ0n) is 20.7. The Hall–Kier alpha value is -3.31. The smallest absolute Gasteiger partial charge is 0.416 e. The van der Waals surface area contributed by atoms with Crippen molar-refractivity contribution in [2.75, 3.05) is 64.8 Å². The lowest BCUT2D eigenvalue weighted by Crippen LogP contribution is -2.51. The third-order valence-corrected chi connectivity index (χ3v) is 6.54. The Balaban J connectivity index is 1.27. The number of nitrogens with zero attached hydrogens (tertiary/aromatic N) is 3. The van der Waals surface area contributed by atoms with E-state index in [0.717, 1.165) is 25.1 Å². The number of ether oxygens (including phenoxy) is 2. The van der Waals surface area contributed by atoms with Crippen molar-refractivity contribution in [3.8, 4) is 5.75 Å². The maximum Gasteiger partial charge on any atom is 0.416 e. The molecule has 0 unspecified atom stereocenters. The van der Waals surface area contributed by atoms with Crippen molar-refractivity contribution in [3.05, 3.63) is 59.7 Å². The zero-order chi connectivity index (χ0) is 26.4. The van der Waals surface area contributed by atoms with Crippen LogP contribution in [0.1, 0.15) is 22.3 Å². The number of methoxy groups -OCH3 is 1. The molecule has 0 saturated carbocycles. The first-order valence-electron chi connectivity index (χ1n) is 12.2. The molecule has 1 atom stereocenters. The summed E-state index contributed by atoms with van der Waals surface area (Å²) in [6, 6.07) is 11.3. The summed E-state index contributed by atoms with van der Waals surface area (Å²) in [7, 11) is 1.57. The van der Waals surface area contributed by atoms with Gasteiger partial charge in [-0.15, -0.1) is 0 Å². The standard InChI is InChI=1S/C26H31F3N4O4/c1-36-22-5-2-4-21(16-22)30-25(35)33-14-15-37-23(18-33)17-31-10-3-11-32(13-12-31)24(34)19-6-8-20(9-7-19)26(27,28)29/h2,4-9,16,23H,3,10-15,17-18H2,1H3,(H,30,35)/t23-/m0/s1. The van der Waals surface area contributed by atoms with Gasteiger partial charge >= 0.3 is 12.2 Å². The lowest BCUT2D eigenvalue weighted by molar-refractivity contribution is -0.137. The fourth-order valence-electron chi connectivity index (χ4n) is 4.55. The molecule has 0 radical (unpaired) electrons. The van der Waals surface area contributed by atoms with E-state index in [2.05, 4.69) is 10.2 Å². The number of anilines is 1. The second-order valence-electron chi connectivity index (χ2n) is 9.12. The van der Waals surface area contributed by atoms with Gasteiger partial charge in [-0.25, -0.2) is 4.79 Å². The average Bonchev–Trinajstić information content (AvgIpc) is 3.13. The molecule has 0 bridgehead atoms. The molecular formula is C26H31F3N4O4. The minimum Gasteiger partial charge on any atom is -0.497 e. The summed E-state index contributed by atoms with van der Waals surface area (Å²) in [5.74, 6) is 0.384. The van der Waals surface area contributed by atoms with Crippen LogP contribution in [0.2, 0.25) is 0 Å². The number of benzene rings is 2. The molecule has 2 heterocycles. The van der Waals surface area contributed by atoms with Crippen molar-refractivity contribution in [2.24, 2.45) is 0 Å². The van der Waals surface area contributed by atoms with Crippen molar-refractivity contribution in [1.82, 2.24) is 14.7 Å². The van der Waals surface area contributed by atoms with Crippen LogP contribution >= 0.6 is 0 Å². The molecule has 3 amide bonds. The number of morpholine rings is 1. The Morgan fingerprint density at radius 3 is 2.54 bits per heavy atom. The molecule has 0 aliphatic carbocycles. The Morgan fingerprint density at radius 2 is 1.81 bits per heavy atom. The molecule has 2 aromatic rings. The van der Waals surface area contributed by atoms with Crippen LogP contribution in [0.5, 0.6) is 5.75 Å². The van der Waals surface area contributed by atoms with Gasteiger partial charge in [0.05, 0.1) is 25.4 Å². The molecule has 2 saturated heterocycles. The first-order valence-corrected chi connectivity index (χ1v) is 12.2. The van der Waals surface area contributed by atoms with Gasteiger partial charge in [0.15, 0.2) is 0 Å². The van der Waals surface area contributed by atoms with Crippen LogP contribution in [0, 0.1) is 0 Å². The molecule has 37 heavy (non-hydrogen) atoms. The topological polar surface area (TPSA) is 74.3 Å². The second-order valence-corrected chi connectivity index (χ2v) is 9.12. The van der Waals surface area contributed by atoms with E-state index < -0.39 is 11.7 Å². The van der Waals surface area contributed by atoms with Crippen LogP contribution in [0.4, 0.5) is 23.7 Å². The van der Waals surface area contributed by atoms with E-state index in [1.54, 1.807) is 35.1 Å². The maximum absolute atomic E-state index is 12.9. The van der Waals surface area contributed by atoms with Crippen LogP contribution in [0.25, 0.3) is 0 Å². The highest BCUT2D eigenvalue weighted by molar-refractivity contribution is 5.94. The van der Waals surface area contributed by atoms with Crippen LogP contribution in [-0.2, 0) is 10.9 Å². The summed E-state index contributed by atoms with van der Waals surface area (Å²) < 4.78 is 49.6. The fraction of sp³-hybridized carbons (Fsp3) is 0.462. The van der Waals surface area contributed by atoms with Gasteiger partial charge in [-0.2, -0.15) is 13.2 Å². The quantitative estimate of drug-likeness (QED) is 0.650. The van der Waals surface area contributed by atoms with Gasteiger partial charge in [0.1, 0.15) is 5.75 Å². The molecule has 0 spiro atoms. The third-order valence-electron chi connectivity index (χ3n) is 6.54. The highest BCUT2D eigenvalue weighted by atomic mass is 19.4. The van der Waals surface area contributed by atoms with Crippen LogP contribution in [0.3, 0.4) is 0 Å². The van der Waals surface area contributed by atoms with Crippen LogP contribution < -0.4 is 10.1 Å². The molecule has 2 aliphatic rings. The molecule has 11 heteroatoms. The first kappa shape index (κ1) is 26.7. The number of hydrogen-bond acceptors (Lipinski definition) is 5. The Labute approximate surface area is 213 Å². The van der Waals surface area contributed by atoms with Crippen molar-refractivity contribution in [1.29, 1.82) is 0 Å². The van der Waals surface area contributed by atoms with Gasteiger partial charge in [-0.3, -0.25) is 9.69 Å². The third kappa shape index (κ3) is 7.14. The molecule has 0 aromatic heterocycles. The average molecular weight is 521 g/mol. The van der Waals surface area contributed by atoms with Crippen molar-refractivity contribution in [3.63, 3.8) is 0 Å². The summed E-state index contributed by atoms with van der Waals surface area (Å²) >= 11 is 0. The summed E-state index contributed by atoms with van der Waals surface area (Å²) in [5, 5.41) is 2.90. The zero-order valence-corrected chi connectivity index (χ0v) is 20.7. The molecule has 8 nitrogen and oxygen atoms in total. The number of rotatable bonds is 5. The Bertz CT molecular complexity index is 1080. The van der Waals surface area contributed by atoms with Crippen molar-refractivity contribution < 1.29 is 32.2 Å². The molecule has 4 rings (SSSR count). The van der Waals surface area contributed by atoms with Gasteiger partial charge < -0.3 is 24.6 Å². The second kappa shape index (κ2) is 11.8. The molecule has 2 fully saturated rings. The maximum atomic E-state index is 12.9. The SMILES string of the molecule is COc1cccc(NC(=O)N2CCO[C@@H](CN3CCCN(C(=O)c4ccc(C(F)(F)F)cc4)CC3)C2)c1. The molecule has 1 N–H and O–H groups in total. The number of urea groups is 1. The minimum absolute atomic E-state index is 0.165. The summed E-state index contributed by atoms with van der Waals surface area (Å²) in [4.78, 5) is 31.3.